The maximum Gasteiger partial charge on any atom is 0.133 e. The molecule has 0 saturated heterocycles. The largest absolute Gasteiger partial charge is 0.380 e. The Balaban J connectivity index is 2.89. The Morgan fingerprint density at radius 1 is 1.11 bits per heavy atom. The number of nitrogens with zero attached hydrogens (tertiary/aromatic N) is 2. The maximum atomic E-state index is 5.22. The topological polar surface area (TPSA) is 47.0 Å². The van der Waals surface area contributed by atoms with Gasteiger partial charge in [0.15, 0.2) is 0 Å². The minimum Gasteiger partial charge on any atom is -0.380 e. The van der Waals surface area contributed by atoms with Crippen LogP contribution in [0.4, 0.5) is 5.82 Å². The van der Waals surface area contributed by atoms with Crippen molar-refractivity contribution >= 4 is 5.82 Å². The minimum absolute atomic E-state index is 0.171. The van der Waals surface area contributed by atoms with E-state index in [-0.39, 0.29) is 6.10 Å². The number of aromatic nitrogens is 2. The van der Waals surface area contributed by atoms with Crippen molar-refractivity contribution in [1.29, 1.82) is 0 Å². The first kappa shape index (κ1) is 14.9. The monoisotopic (exact) mass is 251 g/mol. The molecule has 102 valence electrons. The van der Waals surface area contributed by atoms with Crippen LogP contribution in [-0.2, 0) is 4.74 Å². The molecule has 0 aliphatic carbocycles. The first-order valence-corrected chi connectivity index (χ1v) is 6.59. The predicted octanol–water partition coefficient (Wildman–Crippen LogP) is 3.17. The van der Waals surface area contributed by atoms with Crippen LogP contribution in [0.25, 0.3) is 0 Å². The summed E-state index contributed by atoms with van der Waals surface area (Å²) in [6, 6.07) is 2.03. The minimum atomic E-state index is 0.171. The van der Waals surface area contributed by atoms with Gasteiger partial charge in [-0.2, -0.15) is 0 Å². The van der Waals surface area contributed by atoms with Gasteiger partial charge in [0.2, 0.25) is 0 Å². The zero-order valence-electron chi connectivity index (χ0n) is 12.3. The van der Waals surface area contributed by atoms with E-state index < -0.39 is 0 Å². The van der Waals surface area contributed by atoms with E-state index in [2.05, 4.69) is 43.0 Å². The number of nitrogens with one attached hydrogen (secondary N) is 1. The van der Waals surface area contributed by atoms with E-state index in [1.165, 1.54) is 0 Å². The molecule has 1 atom stereocenters. The lowest BCUT2D eigenvalue weighted by Gasteiger charge is -2.15. The number of hydrogen-bond acceptors (Lipinski definition) is 4. The summed E-state index contributed by atoms with van der Waals surface area (Å²) in [4.78, 5) is 9.14. The summed E-state index contributed by atoms with van der Waals surface area (Å²) in [5, 5.41) is 3.31. The fourth-order valence-electron chi connectivity index (χ4n) is 1.46. The summed E-state index contributed by atoms with van der Waals surface area (Å²) in [5.41, 5.74) is 1.08. The molecule has 4 nitrogen and oxygen atoms in total. The first-order chi connectivity index (χ1) is 8.43. The van der Waals surface area contributed by atoms with Crippen LogP contribution in [0.5, 0.6) is 0 Å². The summed E-state index contributed by atoms with van der Waals surface area (Å²) in [6.07, 6.45) is 0.171. The SMILES string of the molecule is COC(C)CNc1cc(C(C)C)nc(C(C)C)n1. The van der Waals surface area contributed by atoms with Crippen molar-refractivity contribution in [2.75, 3.05) is 19.0 Å². The van der Waals surface area contributed by atoms with Crippen LogP contribution in [0.15, 0.2) is 6.07 Å². The average molecular weight is 251 g/mol. The fourth-order valence-corrected chi connectivity index (χ4v) is 1.46. The van der Waals surface area contributed by atoms with Crippen molar-refractivity contribution < 1.29 is 4.74 Å². The third-order valence-electron chi connectivity index (χ3n) is 2.84. The zero-order chi connectivity index (χ0) is 13.7. The molecule has 1 rings (SSSR count). The molecule has 18 heavy (non-hydrogen) atoms. The Morgan fingerprint density at radius 2 is 1.78 bits per heavy atom. The van der Waals surface area contributed by atoms with E-state index in [1.54, 1.807) is 7.11 Å². The molecule has 0 aromatic carbocycles. The van der Waals surface area contributed by atoms with Crippen LogP contribution in [0.3, 0.4) is 0 Å². The molecule has 0 aliphatic heterocycles. The van der Waals surface area contributed by atoms with Crippen LogP contribution in [0.1, 0.15) is 58.0 Å². The Bertz CT molecular complexity index is 351. The second-order valence-electron chi connectivity index (χ2n) is 5.27. The highest BCUT2D eigenvalue weighted by molar-refractivity contribution is 5.37. The van der Waals surface area contributed by atoms with Crippen LogP contribution < -0.4 is 5.32 Å². The van der Waals surface area contributed by atoms with Crippen molar-refractivity contribution in [3.63, 3.8) is 0 Å². The van der Waals surface area contributed by atoms with Gasteiger partial charge in [0.1, 0.15) is 11.6 Å². The summed E-state index contributed by atoms with van der Waals surface area (Å²) < 4.78 is 5.22. The summed E-state index contributed by atoms with van der Waals surface area (Å²) in [5.74, 6) is 2.53. The molecule has 1 heterocycles. The lowest BCUT2D eigenvalue weighted by atomic mass is 10.1. The van der Waals surface area contributed by atoms with Crippen LogP contribution in [0, 0.1) is 0 Å². The van der Waals surface area contributed by atoms with E-state index in [9.17, 15) is 0 Å². The second-order valence-corrected chi connectivity index (χ2v) is 5.27. The third-order valence-corrected chi connectivity index (χ3v) is 2.84. The average Bonchev–Trinajstić information content (AvgIpc) is 2.35. The molecule has 0 amide bonds. The van der Waals surface area contributed by atoms with Crippen molar-refractivity contribution in [2.24, 2.45) is 0 Å². The fraction of sp³-hybridized carbons (Fsp3) is 0.714. The van der Waals surface area contributed by atoms with Crippen LogP contribution in [-0.4, -0.2) is 29.7 Å². The zero-order valence-corrected chi connectivity index (χ0v) is 12.3. The summed E-state index contributed by atoms with van der Waals surface area (Å²) >= 11 is 0. The molecule has 1 aromatic heterocycles. The Kier molecular flexibility index (Phi) is 5.54. The molecular weight excluding hydrogens is 226 g/mol. The first-order valence-electron chi connectivity index (χ1n) is 6.59. The molecule has 0 aliphatic rings. The van der Waals surface area contributed by atoms with Gasteiger partial charge in [0, 0.05) is 31.3 Å². The van der Waals surface area contributed by atoms with Crippen molar-refractivity contribution in [3.8, 4) is 0 Å². The van der Waals surface area contributed by atoms with E-state index in [0.717, 1.165) is 23.9 Å². The lowest BCUT2D eigenvalue weighted by Crippen LogP contribution is -2.19. The number of hydrogen-bond donors (Lipinski definition) is 1. The molecule has 0 bridgehead atoms. The molecule has 0 radical (unpaired) electrons. The van der Waals surface area contributed by atoms with E-state index in [1.807, 2.05) is 13.0 Å². The van der Waals surface area contributed by atoms with Crippen molar-refractivity contribution in [3.05, 3.63) is 17.6 Å². The van der Waals surface area contributed by atoms with E-state index in [0.29, 0.717) is 11.8 Å². The summed E-state index contributed by atoms with van der Waals surface area (Å²) in [6.45, 7) is 11.3. The summed E-state index contributed by atoms with van der Waals surface area (Å²) in [7, 11) is 1.71. The smallest absolute Gasteiger partial charge is 0.133 e. The highest BCUT2D eigenvalue weighted by Crippen LogP contribution is 2.19. The van der Waals surface area contributed by atoms with Crippen LogP contribution >= 0.6 is 0 Å². The number of methoxy groups -OCH3 is 1. The lowest BCUT2D eigenvalue weighted by molar-refractivity contribution is 0.128. The van der Waals surface area contributed by atoms with Gasteiger partial charge >= 0.3 is 0 Å². The number of anilines is 1. The molecule has 0 fully saturated rings. The Morgan fingerprint density at radius 3 is 2.28 bits per heavy atom. The maximum absolute atomic E-state index is 5.22. The van der Waals surface area contributed by atoms with E-state index >= 15 is 0 Å². The van der Waals surface area contributed by atoms with Gasteiger partial charge in [-0.3, -0.25) is 0 Å². The molecule has 4 heteroatoms. The van der Waals surface area contributed by atoms with Crippen molar-refractivity contribution in [1.82, 2.24) is 9.97 Å². The molecule has 1 aromatic rings. The predicted molar refractivity (Wildman–Crippen MR) is 75.2 cm³/mol. The Labute approximate surface area is 110 Å². The highest BCUT2D eigenvalue weighted by Gasteiger charge is 2.10. The molecule has 1 unspecified atom stereocenters. The third kappa shape index (κ3) is 4.26. The number of ether oxygens (including phenoxy) is 1. The van der Waals surface area contributed by atoms with E-state index in [4.69, 9.17) is 4.74 Å². The molecule has 1 N–H and O–H groups in total. The van der Waals surface area contributed by atoms with Gasteiger partial charge in [-0.15, -0.1) is 0 Å². The number of rotatable bonds is 6. The van der Waals surface area contributed by atoms with Crippen molar-refractivity contribution in [2.45, 2.75) is 52.6 Å². The van der Waals surface area contributed by atoms with Gasteiger partial charge < -0.3 is 10.1 Å². The molecule has 0 saturated carbocycles. The highest BCUT2D eigenvalue weighted by atomic mass is 16.5. The second kappa shape index (κ2) is 6.69. The van der Waals surface area contributed by atoms with Gasteiger partial charge in [-0.25, -0.2) is 9.97 Å². The quantitative estimate of drug-likeness (QED) is 0.843. The normalized spacial score (nSPS) is 13.1. The van der Waals surface area contributed by atoms with Gasteiger partial charge in [-0.1, -0.05) is 27.7 Å². The van der Waals surface area contributed by atoms with Gasteiger partial charge in [0.05, 0.1) is 6.10 Å². The molecule has 0 spiro atoms. The molecular formula is C14H25N3O. The van der Waals surface area contributed by atoms with Gasteiger partial charge in [0.25, 0.3) is 0 Å². The van der Waals surface area contributed by atoms with Gasteiger partial charge in [-0.05, 0) is 12.8 Å². The standard InChI is InChI=1S/C14H25N3O/c1-9(2)12-7-13(15-8-11(5)18-6)17-14(16-12)10(3)4/h7,9-11H,8H2,1-6H3,(H,15,16,17). The van der Waals surface area contributed by atoms with Crippen LogP contribution in [0.2, 0.25) is 0 Å². The Hall–Kier alpha value is -1.16.